The van der Waals surface area contributed by atoms with Crippen LogP contribution in [0.4, 0.5) is 0 Å². The molecule has 0 unspecified atom stereocenters. The topological polar surface area (TPSA) is 91.3 Å². The van der Waals surface area contributed by atoms with Crippen LogP contribution in [-0.4, -0.2) is 59.5 Å². The molecule has 1 fully saturated rings. The number of aromatic hydroxyl groups is 1. The molecule has 1 saturated carbocycles. The average Bonchev–Trinajstić information content (AvgIpc) is 2.78. The van der Waals surface area contributed by atoms with E-state index in [-0.39, 0.29) is 30.3 Å². The van der Waals surface area contributed by atoms with Gasteiger partial charge in [-0.2, -0.15) is 0 Å². The Morgan fingerprint density at radius 2 is 1.75 bits per heavy atom. The number of phenols is 1. The second kappa shape index (κ2) is 12.3. The molecule has 0 atom stereocenters. The number of rotatable bonds is 11. The van der Waals surface area contributed by atoms with Crippen LogP contribution in [0.5, 0.6) is 17.2 Å². The molecule has 0 saturated heterocycles. The van der Waals surface area contributed by atoms with Crippen LogP contribution < -0.4 is 14.8 Å². The Morgan fingerprint density at radius 3 is 2.41 bits per heavy atom. The zero-order valence-electron chi connectivity index (χ0n) is 18.7. The second-order valence-corrected chi connectivity index (χ2v) is 8.14. The molecular formula is C25H34N2O5. The standard InChI is InChI=1S/C25H34N2O5/c1-2-31-23-10-12-24(13-11-23)32-15-14-26-25(30)18-27(20-6-8-21(28)9-7-20)17-19-4-3-5-22(29)16-19/h3-5,10-13,16,20-21,28-29H,2,6-9,14-15,17-18H2,1H3,(H,26,30). The summed E-state index contributed by atoms with van der Waals surface area (Å²) in [6.45, 7) is 4.19. The number of nitrogens with zero attached hydrogens (tertiary/aromatic N) is 1. The Balaban J connectivity index is 1.48. The molecule has 1 aliphatic rings. The van der Waals surface area contributed by atoms with E-state index in [0.29, 0.717) is 26.3 Å². The van der Waals surface area contributed by atoms with Crippen molar-refractivity contribution in [2.24, 2.45) is 0 Å². The Labute approximate surface area is 190 Å². The lowest BCUT2D eigenvalue weighted by molar-refractivity contribution is -0.123. The number of carbonyl (C=O) groups is 1. The van der Waals surface area contributed by atoms with Crippen LogP contribution in [0, 0.1) is 0 Å². The molecule has 2 aromatic rings. The summed E-state index contributed by atoms with van der Waals surface area (Å²) in [6.07, 6.45) is 2.96. The molecule has 7 nitrogen and oxygen atoms in total. The second-order valence-electron chi connectivity index (χ2n) is 8.14. The smallest absolute Gasteiger partial charge is 0.234 e. The van der Waals surface area contributed by atoms with E-state index in [9.17, 15) is 15.0 Å². The Hall–Kier alpha value is -2.77. The first-order chi connectivity index (χ1) is 15.5. The van der Waals surface area contributed by atoms with Crippen LogP contribution in [0.15, 0.2) is 48.5 Å². The van der Waals surface area contributed by atoms with E-state index >= 15 is 0 Å². The first kappa shape index (κ1) is 23.9. The Morgan fingerprint density at radius 1 is 1.06 bits per heavy atom. The van der Waals surface area contributed by atoms with Gasteiger partial charge in [0.25, 0.3) is 0 Å². The zero-order valence-corrected chi connectivity index (χ0v) is 18.7. The van der Waals surface area contributed by atoms with Crippen LogP contribution >= 0.6 is 0 Å². The lowest BCUT2D eigenvalue weighted by atomic mass is 9.91. The van der Waals surface area contributed by atoms with Crippen LogP contribution in [0.3, 0.4) is 0 Å². The summed E-state index contributed by atoms with van der Waals surface area (Å²) >= 11 is 0. The summed E-state index contributed by atoms with van der Waals surface area (Å²) in [5.74, 6) is 1.69. The maximum Gasteiger partial charge on any atom is 0.234 e. The van der Waals surface area contributed by atoms with Gasteiger partial charge >= 0.3 is 0 Å². The number of phenolic OH excluding ortho intramolecular Hbond substituents is 1. The summed E-state index contributed by atoms with van der Waals surface area (Å²) in [4.78, 5) is 14.8. The molecule has 3 rings (SSSR count). The van der Waals surface area contributed by atoms with Crippen molar-refractivity contribution in [2.45, 2.75) is 51.3 Å². The van der Waals surface area contributed by atoms with Gasteiger partial charge in [-0.25, -0.2) is 0 Å². The van der Waals surface area contributed by atoms with Gasteiger partial charge in [0.2, 0.25) is 5.91 Å². The van der Waals surface area contributed by atoms with E-state index in [1.165, 1.54) is 0 Å². The first-order valence-corrected chi connectivity index (χ1v) is 11.4. The van der Waals surface area contributed by atoms with E-state index in [2.05, 4.69) is 10.2 Å². The van der Waals surface area contributed by atoms with E-state index in [0.717, 1.165) is 42.7 Å². The third-order valence-corrected chi connectivity index (χ3v) is 5.65. The predicted molar refractivity (Wildman–Crippen MR) is 123 cm³/mol. The average molecular weight is 443 g/mol. The molecule has 0 aliphatic heterocycles. The molecule has 32 heavy (non-hydrogen) atoms. The third-order valence-electron chi connectivity index (χ3n) is 5.65. The van der Waals surface area contributed by atoms with Crippen LogP contribution in [-0.2, 0) is 11.3 Å². The first-order valence-electron chi connectivity index (χ1n) is 11.4. The Kier molecular flexibility index (Phi) is 9.19. The minimum atomic E-state index is -0.248. The predicted octanol–water partition coefficient (Wildman–Crippen LogP) is 3.09. The van der Waals surface area contributed by atoms with Gasteiger partial charge in [-0.1, -0.05) is 12.1 Å². The molecule has 174 valence electrons. The summed E-state index contributed by atoms with van der Waals surface area (Å²) in [5.41, 5.74) is 0.961. The van der Waals surface area contributed by atoms with Gasteiger partial charge in [0, 0.05) is 12.6 Å². The lowest BCUT2D eigenvalue weighted by Gasteiger charge is -2.35. The van der Waals surface area contributed by atoms with Crippen molar-refractivity contribution in [3.63, 3.8) is 0 Å². The molecule has 3 N–H and O–H groups in total. The number of aliphatic hydroxyl groups is 1. The van der Waals surface area contributed by atoms with Crippen LogP contribution in [0.1, 0.15) is 38.2 Å². The van der Waals surface area contributed by atoms with Crippen molar-refractivity contribution in [1.29, 1.82) is 0 Å². The zero-order chi connectivity index (χ0) is 22.8. The lowest BCUT2D eigenvalue weighted by Crippen LogP contribution is -2.45. The molecule has 1 aliphatic carbocycles. The van der Waals surface area contributed by atoms with E-state index in [1.807, 2.05) is 43.3 Å². The van der Waals surface area contributed by atoms with Gasteiger partial charge in [0.1, 0.15) is 23.9 Å². The number of nitrogens with one attached hydrogen (secondary N) is 1. The molecule has 0 spiro atoms. The molecule has 0 aromatic heterocycles. The fourth-order valence-electron chi connectivity index (χ4n) is 4.03. The minimum absolute atomic E-state index is 0.0634. The highest BCUT2D eigenvalue weighted by Gasteiger charge is 2.26. The quantitative estimate of drug-likeness (QED) is 0.463. The number of aliphatic hydroxyl groups excluding tert-OH is 1. The number of carbonyl (C=O) groups excluding carboxylic acids is 1. The number of amides is 1. The summed E-state index contributed by atoms with van der Waals surface area (Å²) in [7, 11) is 0. The number of hydrogen-bond acceptors (Lipinski definition) is 6. The highest BCUT2D eigenvalue weighted by Crippen LogP contribution is 2.25. The van der Waals surface area contributed by atoms with Crippen molar-refractivity contribution in [3.8, 4) is 17.2 Å². The molecule has 0 heterocycles. The Bertz CT molecular complexity index is 834. The van der Waals surface area contributed by atoms with Gasteiger partial charge in [-0.05, 0) is 74.6 Å². The molecule has 2 aromatic carbocycles. The molecule has 0 radical (unpaired) electrons. The SMILES string of the molecule is CCOc1ccc(OCCNC(=O)CN(Cc2cccc(O)c2)C2CCC(O)CC2)cc1. The van der Waals surface area contributed by atoms with Crippen molar-refractivity contribution in [3.05, 3.63) is 54.1 Å². The van der Waals surface area contributed by atoms with Crippen LogP contribution in [0.25, 0.3) is 0 Å². The largest absolute Gasteiger partial charge is 0.508 e. The monoisotopic (exact) mass is 442 g/mol. The van der Waals surface area contributed by atoms with Gasteiger partial charge in [0.05, 0.1) is 25.8 Å². The normalized spacial score (nSPS) is 18.3. The maximum absolute atomic E-state index is 12.6. The van der Waals surface area contributed by atoms with Gasteiger partial charge in [-0.3, -0.25) is 9.69 Å². The third kappa shape index (κ3) is 7.73. The van der Waals surface area contributed by atoms with Gasteiger partial charge in [-0.15, -0.1) is 0 Å². The van der Waals surface area contributed by atoms with Crippen molar-refractivity contribution in [1.82, 2.24) is 10.2 Å². The number of ether oxygens (including phenoxy) is 2. The van der Waals surface area contributed by atoms with Crippen LogP contribution in [0.2, 0.25) is 0 Å². The van der Waals surface area contributed by atoms with E-state index < -0.39 is 0 Å². The fourth-order valence-corrected chi connectivity index (χ4v) is 4.03. The molecule has 0 bridgehead atoms. The minimum Gasteiger partial charge on any atom is -0.508 e. The highest BCUT2D eigenvalue weighted by atomic mass is 16.5. The van der Waals surface area contributed by atoms with Crippen molar-refractivity contribution < 1.29 is 24.5 Å². The molecular weight excluding hydrogens is 408 g/mol. The van der Waals surface area contributed by atoms with Gasteiger partial charge in [0.15, 0.2) is 0 Å². The van der Waals surface area contributed by atoms with Gasteiger partial charge < -0.3 is 25.0 Å². The van der Waals surface area contributed by atoms with Crippen molar-refractivity contribution in [2.75, 3.05) is 26.3 Å². The fraction of sp³-hybridized carbons (Fsp3) is 0.480. The number of benzene rings is 2. The van der Waals surface area contributed by atoms with Crippen molar-refractivity contribution >= 4 is 5.91 Å². The summed E-state index contributed by atoms with van der Waals surface area (Å²) in [6, 6.07) is 14.8. The maximum atomic E-state index is 12.6. The van der Waals surface area contributed by atoms with E-state index in [4.69, 9.17) is 9.47 Å². The van der Waals surface area contributed by atoms with E-state index in [1.54, 1.807) is 12.1 Å². The summed E-state index contributed by atoms with van der Waals surface area (Å²) in [5, 5.41) is 22.6. The summed E-state index contributed by atoms with van der Waals surface area (Å²) < 4.78 is 11.1. The molecule has 1 amide bonds. The number of hydrogen-bond donors (Lipinski definition) is 3. The molecule has 7 heteroatoms. The highest BCUT2D eigenvalue weighted by molar-refractivity contribution is 5.78.